The first kappa shape index (κ1) is 12.0. The molecule has 15 heavy (non-hydrogen) atoms. The van der Waals surface area contributed by atoms with Gasteiger partial charge >= 0.3 is 0 Å². The van der Waals surface area contributed by atoms with Crippen molar-refractivity contribution in [2.24, 2.45) is 0 Å². The fourth-order valence-corrected chi connectivity index (χ4v) is 1.97. The van der Waals surface area contributed by atoms with Crippen LogP contribution in [0.25, 0.3) is 0 Å². The Bertz CT molecular complexity index is 450. The summed E-state index contributed by atoms with van der Waals surface area (Å²) in [7, 11) is -3.24. The Morgan fingerprint density at radius 2 is 1.80 bits per heavy atom. The maximum atomic E-state index is 11.6. The molecule has 0 bridgehead atoms. The topological polar surface area (TPSA) is 46.2 Å². The maximum absolute atomic E-state index is 11.6. The first-order valence-corrected chi connectivity index (χ1v) is 6.46. The van der Waals surface area contributed by atoms with E-state index in [4.69, 9.17) is 0 Å². The molecule has 0 amide bonds. The number of sulfonamides is 1. The van der Waals surface area contributed by atoms with Gasteiger partial charge in [-0.25, -0.2) is 8.42 Å². The Morgan fingerprint density at radius 1 is 1.20 bits per heavy atom. The molecule has 0 saturated heterocycles. The summed E-state index contributed by atoms with van der Waals surface area (Å²) >= 11 is 0. The zero-order valence-electron chi connectivity index (χ0n) is 9.53. The van der Waals surface area contributed by atoms with Crippen LogP contribution >= 0.6 is 0 Å². The van der Waals surface area contributed by atoms with Crippen LogP contribution in [0.4, 0.5) is 5.69 Å². The summed E-state index contributed by atoms with van der Waals surface area (Å²) in [6.07, 6.45) is 0. The van der Waals surface area contributed by atoms with Gasteiger partial charge in [0.2, 0.25) is 10.0 Å². The largest absolute Gasteiger partial charge is 0.283 e. The molecule has 1 aromatic carbocycles. The van der Waals surface area contributed by atoms with Crippen LogP contribution in [-0.4, -0.2) is 13.7 Å². The maximum Gasteiger partial charge on any atom is 0.235 e. The number of rotatable bonds is 3. The molecular formula is C11H17NO2S. The van der Waals surface area contributed by atoms with Crippen LogP contribution in [0.2, 0.25) is 0 Å². The second kappa shape index (κ2) is 4.23. The second-order valence-electron chi connectivity index (χ2n) is 4.01. The molecule has 0 spiro atoms. The third-order valence-corrected chi connectivity index (χ3v) is 4.00. The van der Waals surface area contributed by atoms with Crippen molar-refractivity contribution in [1.29, 1.82) is 0 Å². The highest BCUT2D eigenvalue weighted by atomic mass is 32.2. The highest BCUT2D eigenvalue weighted by Gasteiger charge is 2.16. The van der Waals surface area contributed by atoms with Gasteiger partial charge in [-0.1, -0.05) is 17.7 Å². The van der Waals surface area contributed by atoms with E-state index < -0.39 is 15.3 Å². The van der Waals surface area contributed by atoms with E-state index in [1.54, 1.807) is 19.9 Å². The minimum Gasteiger partial charge on any atom is -0.283 e. The van der Waals surface area contributed by atoms with Gasteiger partial charge in [0.1, 0.15) is 0 Å². The van der Waals surface area contributed by atoms with E-state index in [0.717, 1.165) is 11.1 Å². The SMILES string of the molecule is Cc1ccc(NS(=O)(=O)C(C)C)c(C)c1. The molecule has 1 N–H and O–H groups in total. The summed E-state index contributed by atoms with van der Waals surface area (Å²) in [5, 5.41) is -0.418. The van der Waals surface area contributed by atoms with E-state index in [1.807, 2.05) is 26.0 Å². The van der Waals surface area contributed by atoms with E-state index in [2.05, 4.69) is 4.72 Å². The third-order valence-electron chi connectivity index (χ3n) is 2.25. The highest BCUT2D eigenvalue weighted by molar-refractivity contribution is 7.93. The lowest BCUT2D eigenvalue weighted by Gasteiger charge is -2.13. The molecule has 0 saturated carbocycles. The van der Waals surface area contributed by atoms with Crippen molar-refractivity contribution in [3.8, 4) is 0 Å². The third kappa shape index (κ3) is 2.96. The van der Waals surface area contributed by atoms with Crippen molar-refractivity contribution < 1.29 is 8.42 Å². The normalized spacial score (nSPS) is 11.8. The summed E-state index contributed by atoms with van der Waals surface area (Å²) in [5.41, 5.74) is 2.73. The number of nitrogens with one attached hydrogen (secondary N) is 1. The van der Waals surface area contributed by atoms with Crippen molar-refractivity contribution in [2.45, 2.75) is 32.9 Å². The molecule has 0 aromatic heterocycles. The lowest BCUT2D eigenvalue weighted by Crippen LogP contribution is -2.22. The zero-order chi connectivity index (χ0) is 11.6. The summed E-state index contributed by atoms with van der Waals surface area (Å²) in [6, 6.07) is 5.65. The van der Waals surface area contributed by atoms with Crippen LogP contribution in [0, 0.1) is 13.8 Å². The van der Waals surface area contributed by atoms with Gasteiger partial charge in [-0.3, -0.25) is 4.72 Å². The predicted molar refractivity (Wildman–Crippen MR) is 63.6 cm³/mol. The van der Waals surface area contributed by atoms with Gasteiger partial charge < -0.3 is 0 Å². The highest BCUT2D eigenvalue weighted by Crippen LogP contribution is 2.18. The number of anilines is 1. The summed E-state index contributed by atoms with van der Waals surface area (Å²) < 4.78 is 25.8. The van der Waals surface area contributed by atoms with Gasteiger partial charge in [0.25, 0.3) is 0 Å². The summed E-state index contributed by atoms with van der Waals surface area (Å²) in [6.45, 7) is 7.19. The second-order valence-corrected chi connectivity index (χ2v) is 6.25. The molecule has 84 valence electrons. The van der Waals surface area contributed by atoms with E-state index in [9.17, 15) is 8.42 Å². The van der Waals surface area contributed by atoms with E-state index in [0.29, 0.717) is 5.69 Å². The van der Waals surface area contributed by atoms with Crippen LogP contribution in [0.3, 0.4) is 0 Å². The molecule has 1 aromatic rings. The molecule has 1 rings (SSSR count). The van der Waals surface area contributed by atoms with Crippen molar-refractivity contribution in [2.75, 3.05) is 4.72 Å². The fourth-order valence-electron chi connectivity index (χ4n) is 1.20. The van der Waals surface area contributed by atoms with Crippen molar-refractivity contribution in [3.05, 3.63) is 29.3 Å². The van der Waals surface area contributed by atoms with Gasteiger partial charge in [0, 0.05) is 0 Å². The van der Waals surface area contributed by atoms with Crippen LogP contribution in [0.1, 0.15) is 25.0 Å². The predicted octanol–water partition coefficient (Wildman–Crippen LogP) is 2.45. The monoisotopic (exact) mass is 227 g/mol. The number of hydrogen-bond donors (Lipinski definition) is 1. The summed E-state index contributed by atoms with van der Waals surface area (Å²) in [4.78, 5) is 0. The van der Waals surface area contributed by atoms with Crippen LogP contribution in [0.5, 0.6) is 0 Å². The van der Waals surface area contributed by atoms with E-state index in [1.165, 1.54) is 0 Å². The number of aryl methyl sites for hydroxylation is 2. The minimum atomic E-state index is -3.24. The lowest BCUT2D eigenvalue weighted by atomic mass is 10.1. The van der Waals surface area contributed by atoms with Crippen molar-refractivity contribution >= 4 is 15.7 Å². The zero-order valence-corrected chi connectivity index (χ0v) is 10.4. The molecule has 0 fully saturated rings. The molecule has 0 heterocycles. The molecule has 0 radical (unpaired) electrons. The standard InChI is InChI=1S/C11H17NO2S/c1-8(2)15(13,14)12-11-6-5-9(3)7-10(11)4/h5-8,12H,1-4H3. The van der Waals surface area contributed by atoms with Crippen LogP contribution in [0.15, 0.2) is 18.2 Å². The average molecular weight is 227 g/mol. The molecule has 0 aliphatic carbocycles. The first-order valence-electron chi connectivity index (χ1n) is 4.92. The van der Waals surface area contributed by atoms with Crippen molar-refractivity contribution in [3.63, 3.8) is 0 Å². The van der Waals surface area contributed by atoms with Crippen molar-refractivity contribution in [1.82, 2.24) is 0 Å². The summed E-state index contributed by atoms with van der Waals surface area (Å²) in [5.74, 6) is 0. The molecule has 0 unspecified atom stereocenters. The van der Waals surface area contributed by atoms with Gasteiger partial charge in [-0.2, -0.15) is 0 Å². The van der Waals surface area contributed by atoms with E-state index >= 15 is 0 Å². The molecule has 0 atom stereocenters. The van der Waals surface area contributed by atoms with Gasteiger partial charge in [0.15, 0.2) is 0 Å². The van der Waals surface area contributed by atoms with Crippen LogP contribution in [-0.2, 0) is 10.0 Å². The molecule has 0 aliphatic rings. The lowest BCUT2D eigenvalue weighted by molar-refractivity contribution is 0.592. The van der Waals surface area contributed by atoms with Gasteiger partial charge in [-0.05, 0) is 39.3 Å². The molecule has 0 aliphatic heterocycles. The van der Waals surface area contributed by atoms with E-state index in [-0.39, 0.29) is 0 Å². The van der Waals surface area contributed by atoms with Gasteiger partial charge in [0.05, 0.1) is 10.9 Å². The first-order chi connectivity index (χ1) is 6.83. The number of benzene rings is 1. The molecule has 4 heteroatoms. The Labute approximate surface area is 91.6 Å². The fraction of sp³-hybridized carbons (Fsp3) is 0.455. The quantitative estimate of drug-likeness (QED) is 0.862. The minimum absolute atomic E-state index is 0.418. The smallest absolute Gasteiger partial charge is 0.235 e. The average Bonchev–Trinajstić information content (AvgIpc) is 2.09. The van der Waals surface area contributed by atoms with Gasteiger partial charge in [-0.15, -0.1) is 0 Å². The Balaban J connectivity index is 3.01. The Hall–Kier alpha value is -1.03. The molecular weight excluding hydrogens is 210 g/mol. The number of hydrogen-bond acceptors (Lipinski definition) is 2. The van der Waals surface area contributed by atoms with Crippen LogP contribution < -0.4 is 4.72 Å². The molecule has 3 nitrogen and oxygen atoms in total. The Kier molecular flexibility index (Phi) is 3.39. The Morgan fingerprint density at radius 3 is 2.27 bits per heavy atom.